The highest BCUT2D eigenvalue weighted by molar-refractivity contribution is 6.33. The summed E-state index contributed by atoms with van der Waals surface area (Å²) in [4.78, 5) is 12.1. The molecule has 4 heteroatoms. The molecule has 0 bridgehead atoms. The predicted molar refractivity (Wildman–Crippen MR) is 89.8 cm³/mol. The zero-order chi connectivity index (χ0) is 15.9. The van der Waals surface area contributed by atoms with Crippen molar-refractivity contribution in [3.63, 3.8) is 0 Å². The molecule has 0 aromatic heterocycles. The van der Waals surface area contributed by atoms with E-state index in [-0.39, 0.29) is 5.91 Å². The van der Waals surface area contributed by atoms with Gasteiger partial charge in [-0.1, -0.05) is 29.8 Å². The number of amides is 1. The van der Waals surface area contributed by atoms with E-state index in [2.05, 4.69) is 5.32 Å². The molecule has 2 aromatic rings. The Balaban J connectivity index is 1.79. The average Bonchev–Trinajstić information content (AvgIpc) is 2.52. The van der Waals surface area contributed by atoms with Gasteiger partial charge in [-0.3, -0.25) is 4.79 Å². The fourth-order valence-corrected chi connectivity index (χ4v) is 2.51. The van der Waals surface area contributed by atoms with Gasteiger partial charge in [-0.15, -0.1) is 0 Å². The maximum atomic E-state index is 12.1. The summed E-state index contributed by atoms with van der Waals surface area (Å²) in [5, 5.41) is 3.40. The molecule has 116 valence electrons. The van der Waals surface area contributed by atoms with Crippen LogP contribution in [0.2, 0.25) is 5.02 Å². The van der Waals surface area contributed by atoms with Gasteiger partial charge in [-0.05, 0) is 55.2 Å². The summed E-state index contributed by atoms with van der Waals surface area (Å²) in [7, 11) is 1.65. The van der Waals surface area contributed by atoms with Crippen molar-refractivity contribution in [1.82, 2.24) is 5.32 Å². The SMILES string of the molecule is COc1ccc(CCCNC(=O)c2ccc(C)cc2Cl)cc1. The van der Waals surface area contributed by atoms with Gasteiger partial charge in [0.1, 0.15) is 5.75 Å². The van der Waals surface area contributed by atoms with Crippen molar-refractivity contribution in [3.05, 3.63) is 64.2 Å². The van der Waals surface area contributed by atoms with Crippen LogP contribution in [0.25, 0.3) is 0 Å². The molecule has 0 aliphatic heterocycles. The number of halogens is 1. The van der Waals surface area contributed by atoms with Crippen LogP contribution in [-0.2, 0) is 6.42 Å². The second-order valence-corrected chi connectivity index (χ2v) is 5.60. The molecule has 0 saturated heterocycles. The van der Waals surface area contributed by atoms with E-state index in [1.807, 2.05) is 37.3 Å². The van der Waals surface area contributed by atoms with Crippen LogP contribution < -0.4 is 10.1 Å². The Morgan fingerprint density at radius 1 is 1.18 bits per heavy atom. The number of carbonyl (C=O) groups is 1. The fourth-order valence-electron chi connectivity index (χ4n) is 2.19. The lowest BCUT2D eigenvalue weighted by Gasteiger charge is -2.08. The molecule has 0 heterocycles. The third kappa shape index (κ3) is 4.50. The molecule has 0 saturated carbocycles. The van der Waals surface area contributed by atoms with Crippen LogP contribution in [0.1, 0.15) is 27.9 Å². The highest BCUT2D eigenvalue weighted by Crippen LogP contribution is 2.17. The molecule has 0 aliphatic rings. The summed E-state index contributed by atoms with van der Waals surface area (Å²) in [6.45, 7) is 2.57. The van der Waals surface area contributed by atoms with Crippen molar-refractivity contribution < 1.29 is 9.53 Å². The van der Waals surface area contributed by atoms with E-state index in [0.29, 0.717) is 17.1 Å². The molecule has 0 fully saturated rings. The van der Waals surface area contributed by atoms with Gasteiger partial charge in [0.15, 0.2) is 0 Å². The Hall–Kier alpha value is -2.00. The second kappa shape index (κ2) is 7.85. The number of methoxy groups -OCH3 is 1. The van der Waals surface area contributed by atoms with Crippen molar-refractivity contribution in [3.8, 4) is 5.75 Å². The van der Waals surface area contributed by atoms with Crippen molar-refractivity contribution >= 4 is 17.5 Å². The average molecular weight is 318 g/mol. The van der Waals surface area contributed by atoms with E-state index in [9.17, 15) is 4.79 Å². The van der Waals surface area contributed by atoms with Crippen LogP contribution in [0.3, 0.4) is 0 Å². The lowest BCUT2D eigenvalue weighted by atomic mass is 10.1. The zero-order valence-corrected chi connectivity index (χ0v) is 13.6. The molecular weight excluding hydrogens is 298 g/mol. The number of aryl methyl sites for hydroxylation is 2. The molecule has 0 unspecified atom stereocenters. The van der Waals surface area contributed by atoms with E-state index in [1.165, 1.54) is 5.56 Å². The smallest absolute Gasteiger partial charge is 0.252 e. The van der Waals surface area contributed by atoms with E-state index in [4.69, 9.17) is 16.3 Å². The molecule has 2 rings (SSSR count). The van der Waals surface area contributed by atoms with Crippen molar-refractivity contribution in [1.29, 1.82) is 0 Å². The van der Waals surface area contributed by atoms with Crippen LogP contribution in [0, 0.1) is 6.92 Å². The van der Waals surface area contributed by atoms with Crippen LogP contribution in [0.15, 0.2) is 42.5 Å². The molecule has 0 aliphatic carbocycles. The quantitative estimate of drug-likeness (QED) is 0.817. The molecule has 0 radical (unpaired) electrons. The normalized spacial score (nSPS) is 10.3. The number of ether oxygens (including phenoxy) is 1. The minimum absolute atomic E-state index is 0.125. The molecular formula is C18H20ClNO2. The van der Waals surface area contributed by atoms with Crippen LogP contribution in [0.4, 0.5) is 0 Å². The summed E-state index contributed by atoms with van der Waals surface area (Å²) in [6, 6.07) is 13.4. The minimum atomic E-state index is -0.125. The second-order valence-electron chi connectivity index (χ2n) is 5.19. The predicted octanol–water partition coefficient (Wildman–Crippen LogP) is 4.02. The highest BCUT2D eigenvalue weighted by Gasteiger charge is 2.09. The van der Waals surface area contributed by atoms with E-state index < -0.39 is 0 Å². The maximum Gasteiger partial charge on any atom is 0.252 e. The third-order valence-electron chi connectivity index (χ3n) is 3.46. The van der Waals surface area contributed by atoms with Crippen LogP contribution in [-0.4, -0.2) is 19.6 Å². The number of rotatable bonds is 6. The van der Waals surface area contributed by atoms with Gasteiger partial charge >= 0.3 is 0 Å². The summed E-state index contributed by atoms with van der Waals surface area (Å²) < 4.78 is 5.13. The summed E-state index contributed by atoms with van der Waals surface area (Å²) >= 11 is 6.09. The van der Waals surface area contributed by atoms with E-state index in [0.717, 1.165) is 24.2 Å². The molecule has 0 atom stereocenters. The van der Waals surface area contributed by atoms with Gasteiger partial charge in [0.2, 0.25) is 0 Å². The topological polar surface area (TPSA) is 38.3 Å². The highest BCUT2D eigenvalue weighted by atomic mass is 35.5. The lowest BCUT2D eigenvalue weighted by Crippen LogP contribution is -2.25. The largest absolute Gasteiger partial charge is 0.497 e. The van der Waals surface area contributed by atoms with Gasteiger partial charge in [0.05, 0.1) is 17.7 Å². The molecule has 3 nitrogen and oxygen atoms in total. The first kappa shape index (κ1) is 16.4. The Labute approximate surface area is 136 Å². The zero-order valence-electron chi connectivity index (χ0n) is 12.9. The standard InChI is InChI=1S/C18H20ClNO2/c1-13-5-10-16(17(19)12-13)18(21)20-11-3-4-14-6-8-15(22-2)9-7-14/h5-10,12H,3-4,11H2,1-2H3,(H,20,21). The molecule has 1 amide bonds. The van der Waals surface area contributed by atoms with Crippen LogP contribution >= 0.6 is 11.6 Å². The van der Waals surface area contributed by atoms with Crippen LogP contribution in [0.5, 0.6) is 5.75 Å². The Kier molecular flexibility index (Phi) is 5.84. The van der Waals surface area contributed by atoms with Crippen molar-refractivity contribution in [2.24, 2.45) is 0 Å². The van der Waals surface area contributed by atoms with Crippen molar-refractivity contribution in [2.45, 2.75) is 19.8 Å². The Bertz CT molecular complexity index is 638. The monoisotopic (exact) mass is 317 g/mol. The number of hydrogen-bond acceptors (Lipinski definition) is 2. The first-order chi connectivity index (χ1) is 10.6. The van der Waals surface area contributed by atoms with Gasteiger partial charge in [0.25, 0.3) is 5.91 Å². The van der Waals surface area contributed by atoms with E-state index >= 15 is 0 Å². The first-order valence-corrected chi connectivity index (χ1v) is 7.65. The summed E-state index contributed by atoms with van der Waals surface area (Å²) in [5.74, 6) is 0.728. The van der Waals surface area contributed by atoms with Crippen molar-refractivity contribution in [2.75, 3.05) is 13.7 Å². The number of benzene rings is 2. The number of carbonyl (C=O) groups excluding carboxylic acids is 1. The third-order valence-corrected chi connectivity index (χ3v) is 3.77. The Morgan fingerprint density at radius 3 is 2.55 bits per heavy atom. The summed E-state index contributed by atoms with van der Waals surface area (Å²) in [6.07, 6.45) is 1.79. The Morgan fingerprint density at radius 2 is 1.91 bits per heavy atom. The molecule has 0 spiro atoms. The minimum Gasteiger partial charge on any atom is -0.497 e. The first-order valence-electron chi connectivity index (χ1n) is 7.27. The maximum absolute atomic E-state index is 12.1. The lowest BCUT2D eigenvalue weighted by molar-refractivity contribution is 0.0953. The molecule has 22 heavy (non-hydrogen) atoms. The van der Waals surface area contributed by atoms with Gasteiger partial charge < -0.3 is 10.1 Å². The number of nitrogens with one attached hydrogen (secondary N) is 1. The van der Waals surface area contributed by atoms with Gasteiger partial charge in [0, 0.05) is 6.54 Å². The van der Waals surface area contributed by atoms with E-state index in [1.54, 1.807) is 19.2 Å². The molecule has 1 N–H and O–H groups in total. The fraction of sp³-hybridized carbons (Fsp3) is 0.278. The van der Waals surface area contributed by atoms with Gasteiger partial charge in [-0.2, -0.15) is 0 Å². The molecule has 2 aromatic carbocycles. The van der Waals surface area contributed by atoms with Gasteiger partial charge in [-0.25, -0.2) is 0 Å². The number of hydrogen-bond donors (Lipinski definition) is 1. The summed E-state index contributed by atoms with van der Waals surface area (Å²) in [5.41, 5.74) is 2.79.